The van der Waals surface area contributed by atoms with Gasteiger partial charge in [0, 0.05) is 35.8 Å². The number of aromatic nitrogens is 2. The number of nitrogens with two attached hydrogens (primary N) is 1. The van der Waals surface area contributed by atoms with E-state index in [0.717, 1.165) is 27.6 Å². The van der Waals surface area contributed by atoms with Crippen LogP contribution < -0.4 is 10.6 Å². The molecule has 2 N–H and O–H groups in total. The van der Waals surface area contributed by atoms with E-state index in [2.05, 4.69) is 36.9 Å². The molecular formula is C16H15BrN4. The third kappa shape index (κ3) is 2.83. The van der Waals surface area contributed by atoms with Crippen molar-refractivity contribution in [3.05, 3.63) is 59.0 Å². The maximum Gasteiger partial charge on any atom is 0.0745 e. The van der Waals surface area contributed by atoms with E-state index in [9.17, 15) is 0 Å². The average Bonchev–Trinajstić information content (AvgIpc) is 2.47. The lowest BCUT2D eigenvalue weighted by Crippen LogP contribution is -2.18. The van der Waals surface area contributed by atoms with Crippen molar-refractivity contribution < 1.29 is 0 Å². The SMILES string of the molecule is CN(Cc1ccncc1)c1c(N)cnc2ccc(Br)cc12. The molecule has 0 saturated heterocycles. The maximum absolute atomic E-state index is 6.16. The van der Waals surface area contributed by atoms with E-state index in [-0.39, 0.29) is 0 Å². The zero-order valence-corrected chi connectivity index (χ0v) is 13.2. The van der Waals surface area contributed by atoms with Crippen LogP contribution in [-0.2, 0) is 6.54 Å². The summed E-state index contributed by atoms with van der Waals surface area (Å²) in [5.41, 5.74) is 9.96. The molecule has 0 unspecified atom stereocenters. The number of fused-ring (bicyclic) bond motifs is 1. The van der Waals surface area contributed by atoms with Gasteiger partial charge in [0.2, 0.25) is 0 Å². The van der Waals surface area contributed by atoms with Gasteiger partial charge in [0.25, 0.3) is 0 Å². The molecule has 2 aromatic heterocycles. The van der Waals surface area contributed by atoms with Crippen LogP contribution >= 0.6 is 15.9 Å². The number of benzene rings is 1. The Labute approximate surface area is 131 Å². The van der Waals surface area contributed by atoms with Gasteiger partial charge in [-0.1, -0.05) is 15.9 Å². The number of pyridine rings is 2. The highest BCUT2D eigenvalue weighted by atomic mass is 79.9. The van der Waals surface area contributed by atoms with Crippen molar-refractivity contribution in [1.29, 1.82) is 0 Å². The van der Waals surface area contributed by atoms with Gasteiger partial charge in [-0.25, -0.2) is 0 Å². The molecule has 3 aromatic rings. The maximum atomic E-state index is 6.16. The fourth-order valence-electron chi connectivity index (χ4n) is 2.43. The Balaban J connectivity index is 2.06. The second-order valence-electron chi connectivity index (χ2n) is 4.94. The third-order valence-electron chi connectivity index (χ3n) is 3.38. The van der Waals surface area contributed by atoms with E-state index in [1.54, 1.807) is 18.6 Å². The number of anilines is 2. The van der Waals surface area contributed by atoms with Gasteiger partial charge in [-0.3, -0.25) is 9.97 Å². The van der Waals surface area contributed by atoms with Crippen LogP contribution in [0.15, 0.2) is 53.4 Å². The van der Waals surface area contributed by atoms with Gasteiger partial charge in [0.15, 0.2) is 0 Å². The molecule has 0 spiro atoms. The van der Waals surface area contributed by atoms with Crippen molar-refractivity contribution in [1.82, 2.24) is 9.97 Å². The molecule has 5 heteroatoms. The summed E-state index contributed by atoms with van der Waals surface area (Å²) in [5.74, 6) is 0. The molecule has 0 amide bonds. The first-order valence-corrected chi connectivity index (χ1v) is 7.38. The number of hydrogen-bond donors (Lipinski definition) is 1. The Morgan fingerprint density at radius 3 is 2.71 bits per heavy atom. The second kappa shape index (κ2) is 5.69. The molecule has 0 bridgehead atoms. The monoisotopic (exact) mass is 342 g/mol. The van der Waals surface area contributed by atoms with E-state index in [1.165, 1.54) is 5.56 Å². The average molecular weight is 343 g/mol. The number of nitrogens with zero attached hydrogens (tertiary/aromatic N) is 3. The molecule has 4 nitrogen and oxygen atoms in total. The quantitative estimate of drug-likeness (QED) is 0.789. The predicted octanol–water partition coefficient (Wildman–Crippen LogP) is 3.61. The van der Waals surface area contributed by atoms with E-state index in [4.69, 9.17) is 5.73 Å². The van der Waals surface area contributed by atoms with Crippen LogP contribution in [0.5, 0.6) is 0 Å². The van der Waals surface area contributed by atoms with Gasteiger partial charge < -0.3 is 10.6 Å². The van der Waals surface area contributed by atoms with Crippen molar-refractivity contribution in [3.63, 3.8) is 0 Å². The van der Waals surface area contributed by atoms with Crippen LogP contribution in [0.25, 0.3) is 10.9 Å². The highest BCUT2D eigenvalue weighted by Gasteiger charge is 2.12. The fourth-order valence-corrected chi connectivity index (χ4v) is 2.79. The summed E-state index contributed by atoms with van der Waals surface area (Å²) in [6.07, 6.45) is 5.32. The fraction of sp³-hybridized carbons (Fsp3) is 0.125. The largest absolute Gasteiger partial charge is 0.396 e. The van der Waals surface area contributed by atoms with Crippen molar-refractivity contribution >= 4 is 38.2 Å². The molecule has 1 aromatic carbocycles. The summed E-state index contributed by atoms with van der Waals surface area (Å²) in [5, 5.41) is 1.04. The summed E-state index contributed by atoms with van der Waals surface area (Å²) in [4.78, 5) is 10.6. The molecule has 106 valence electrons. The zero-order valence-electron chi connectivity index (χ0n) is 11.6. The molecule has 0 aliphatic rings. The predicted molar refractivity (Wildman–Crippen MR) is 90.2 cm³/mol. The zero-order chi connectivity index (χ0) is 14.8. The summed E-state index contributed by atoms with van der Waals surface area (Å²) in [6.45, 7) is 0.762. The van der Waals surface area contributed by atoms with Crippen LogP contribution in [0, 0.1) is 0 Å². The van der Waals surface area contributed by atoms with Gasteiger partial charge in [0.1, 0.15) is 0 Å². The van der Waals surface area contributed by atoms with E-state index < -0.39 is 0 Å². The Bertz CT molecular complexity index is 769. The molecule has 0 aliphatic heterocycles. The van der Waals surface area contributed by atoms with Crippen LogP contribution in [0.2, 0.25) is 0 Å². The normalized spacial score (nSPS) is 10.8. The van der Waals surface area contributed by atoms with E-state index in [0.29, 0.717) is 5.69 Å². The molecule has 0 fully saturated rings. The van der Waals surface area contributed by atoms with Gasteiger partial charge in [-0.2, -0.15) is 0 Å². The molecule has 0 saturated carbocycles. The van der Waals surface area contributed by atoms with Crippen LogP contribution in [-0.4, -0.2) is 17.0 Å². The van der Waals surface area contributed by atoms with Crippen molar-refractivity contribution in [2.75, 3.05) is 17.7 Å². The van der Waals surface area contributed by atoms with E-state index in [1.807, 2.05) is 31.3 Å². The Hall–Kier alpha value is -2.14. The molecular weight excluding hydrogens is 328 g/mol. The smallest absolute Gasteiger partial charge is 0.0745 e. The first-order chi connectivity index (χ1) is 10.1. The highest BCUT2D eigenvalue weighted by molar-refractivity contribution is 9.10. The van der Waals surface area contributed by atoms with E-state index >= 15 is 0 Å². The molecule has 0 atom stereocenters. The number of hydrogen-bond acceptors (Lipinski definition) is 4. The van der Waals surface area contributed by atoms with Gasteiger partial charge in [0.05, 0.1) is 23.1 Å². The van der Waals surface area contributed by atoms with Crippen LogP contribution in [0.1, 0.15) is 5.56 Å². The highest BCUT2D eigenvalue weighted by Crippen LogP contribution is 2.33. The lowest BCUT2D eigenvalue weighted by atomic mass is 10.1. The summed E-state index contributed by atoms with van der Waals surface area (Å²) in [6, 6.07) is 10.0. The number of nitrogen functional groups attached to an aromatic ring is 1. The molecule has 0 radical (unpaired) electrons. The second-order valence-corrected chi connectivity index (χ2v) is 5.85. The first-order valence-electron chi connectivity index (χ1n) is 6.59. The Morgan fingerprint density at radius 1 is 1.19 bits per heavy atom. The molecule has 3 rings (SSSR count). The van der Waals surface area contributed by atoms with Crippen molar-refractivity contribution in [3.8, 4) is 0 Å². The molecule has 0 aliphatic carbocycles. The first kappa shape index (κ1) is 13.8. The minimum absolute atomic E-state index is 0.678. The topological polar surface area (TPSA) is 55.0 Å². The van der Waals surface area contributed by atoms with Gasteiger partial charge in [-0.05, 0) is 35.9 Å². The summed E-state index contributed by atoms with van der Waals surface area (Å²) < 4.78 is 1.01. The summed E-state index contributed by atoms with van der Waals surface area (Å²) >= 11 is 3.51. The number of rotatable bonds is 3. The van der Waals surface area contributed by atoms with Crippen molar-refractivity contribution in [2.24, 2.45) is 0 Å². The lowest BCUT2D eigenvalue weighted by Gasteiger charge is -2.23. The van der Waals surface area contributed by atoms with Crippen LogP contribution in [0.3, 0.4) is 0 Å². The Kier molecular flexibility index (Phi) is 3.75. The third-order valence-corrected chi connectivity index (χ3v) is 3.87. The standard InChI is InChI=1S/C16H15BrN4/c1-21(10-11-4-6-19-7-5-11)16-13-8-12(17)2-3-15(13)20-9-14(16)18/h2-9H,10,18H2,1H3. The van der Waals surface area contributed by atoms with Gasteiger partial charge in [-0.15, -0.1) is 0 Å². The summed E-state index contributed by atoms with van der Waals surface area (Å²) in [7, 11) is 2.03. The van der Waals surface area contributed by atoms with Gasteiger partial charge >= 0.3 is 0 Å². The minimum atomic E-state index is 0.678. The van der Waals surface area contributed by atoms with Crippen LogP contribution in [0.4, 0.5) is 11.4 Å². The number of halogens is 1. The van der Waals surface area contributed by atoms with Crippen molar-refractivity contribution in [2.45, 2.75) is 6.54 Å². The Morgan fingerprint density at radius 2 is 1.95 bits per heavy atom. The minimum Gasteiger partial charge on any atom is -0.396 e. The molecule has 2 heterocycles. The lowest BCUT2D eigenvalue weighted by molar-refractivity contribution is 0.925. The molecule has 21 heavy (non-hydrogen) atoms.